The van der Waals surface area contributed by atoms with Gasteiger partial charge in [-0.05, 0) is 43.7 Å². The second kappa shape index (κ2) is 8.11. The fourth-order valence-electron chi connectivity index (χ4n) is 3.13. The molecule has 0 fully saturated rings. The van der Waals surface area contributed by atoms with E-state index in [0.717, 1.165) is 32.5 Å². The van der Waals surface area contributed by atoms with Gasteiger partial charge in [-0.25, -0.2) is 4.98 Å². The smallest absolute Gasteiger partial charge is 0.132 e. The number of nitrogens with one attached hydrogen (secondary N) is 1. The van der Waals surface area contributed by atoms with E-state index in [4.69, 9.17) is 9.47 Å². The molecule has 1 N–H and O–H groups in total. The zero-order valence-electron chi connectivity index (χ0n) is 16.5. The number of rotatable bonds is 7. The largest absolute Gasteiger partial charge is 0.490 e. The summed E-state index contributed by atoms with van der Waals surface area (Å²) in [6.45, 7) is 4.35. The fourth-order valence-corrected chi connectivity index (χ4v) is 4.89. The lowest BCUT2D eigenvalue weighted by molar-refractivity contribution is 0.147. The number of ether oxygens (including phenoxy) is 2. The Hall–Kier alpha value is -2.47. The van der Waals surface area contributed by atoms with Crippen LogP contribution in [-0.4, -0.2) is 43.6 Å². The number of hydrogen-bond donors (Lipinski definition) is 1. The van der Waals surface area contributed by atoms with Crippen LogP contribution in [0.5, 0.6) is 5.75 Å². The van der Waals surface area contributed by atoms with Gasteiger partial charge < -0.3 is 19.4 Å². The zero-order valence-corrected chi connectivity index (χ0v) is 18.2. The Morgan fingerprint density at radius 1 is 1.07 bits per heavy atom. The summed E-state index contributed by atoms with van der Waals surface area (Å²) in [6.07, 6.45) is 1.75. The average Bonchev–Trinajstić information content (AvgIpc) is 3.15. The number of methoxy groups -OCH3 is 1. The third-order valence-electron chi connectivity index (χ3n) is 4.56. The molecular weight excluding hydrogens is 405 g/mol. The van der Waals surface area contributed by atoms with Gasteiger partial charge >= 0.3 is 0 Å². The van der Waals surface area contributed by atoms with Crippen LogP contribution in [0.2, 0.25) is 0 Å². The van der Waals surface area contributed by atoms with Crippen LogP contribution in [0, 0.1) is 0 Å². The van der Waals surface area contributed by atoms with Crippen molar-refractivity contribution in [2.75, 3.05) is 39.0 Å². The van der Waals surface area contributed by atoms with Crippen molar-refractivity contribution in [3.8, 4) is 5.75 Å². The molecule has 8 heteroatoms. The molecule has 2 aromatic heterocycles. The van der Waals surface area contributed by atoms with Gasteiger partial charge in [-0.15, -0.1) is 11.3 Å². The number of thiazole rings is 1. The van der Waals surface area contributed by atoms with Gasteiger partial charge in [0, 0.05) is 36.1 Å². The molecular formula is C21H22N3O3PS. The van der Waals surface area contributed by atoms with Crippen LogP contribution in [0.3, 0.4) is 0 Å². The molecule has 29 heavy (non-hydrogen) atoms. The van der Waals surface area contributed by atoms with Gasteiger partial charge in [0.15, 0.2) is 0 Å². The number of pyridine rings is 1. The number of fused-ring (bicyclic) bond motifs is 2. The number of hydrogen-bond acceptors (Lipinski definition) is 7. The minimum absolute atomic E-state index is 0.389. The summed E-state index contributed by atoms with van der Waals surface area (Å²) in [7, 11) is -0.943. The summed E-state index contributed by atoms with van der Waals surface area (Å²) in [4.78, 5) is 8.86. The van der Waals surface area contributed by atoms with Gasteiger partial charge in [0.05, 0.1) is 33.2 Å². The molecule has 4 rings (SSSR count). The minimum Gasteiger partial charge on any atom is -0.490 e. The third kappa shape index (κ3) is 4.27. The van der Waals surface area contributed by atoms with Crippen LogP contribution in [-0.2, 0) is 9.30 Å². The van der Waals surface area contributed by atoms with E-state index in [1.54, 1.807) is 38.0 Å². The molecule has 0 spiro atoms. The van der Waals surface area contributed by atoms with Crippen molar-refractivity contribution in [2.24, 2.45) is 0 Å². The maximum Gasteiger partial charge on any atom is 0.132 e. The predicted octanol–water partition coefficient (Wildman–Crippen LogP) is 4.86. The average molecular weight is 427 g/mol. The van der Waals surface area contributed by atoms with Crippen LogP contribution in [0.25, 0.3) is 21.1 Å². The first-order chi connectivity index (χ1) is 14.0. The highest BCUT2D eigenvalue weighted by molar-refractivity contribution is 7.70. The van der Waals surface area contributed by atoms with Crippen LogP contribution in [0.1, 0.15) is 0 Å². The van der Waals surface area contributed by atoms with Gasteiger partial charge in [-0.1, -0.05) is 0 Å². The molecule has 0 radical (unpaired) electrons. The lowest BCUT2D eigenvalue weighted by Crippen LogP contribution is -2.13. The second-order valence-electron chi connectivity index (χ2n) is 7.05. The molecule has 0 aliphatic carbocycles. The highest BCUT2D eigenvalue weighted by Gasteiger charge is 2.20. The van der Waals surface area contributed by atoms with Crippen LogP contribution in [0.15, 0.2) is 48.1 Å². The van der Waals surface area contributed by atoms with E-state index in [1.807, 2.05) is 35.8 Å². The van der Waals surface area contributed by atoms with Crippen molar-refractivity contribution in [3.05, 3.63) is 48.1 Å². The molecule has 0 saturated heterocycles. The molecule has 2 aromatic carbocycles. The molecule has 0 unspecified atom stereocenters. The van der Waals surface area contributed by atoms with Gasteiger partial charge in [-0.2, -0.15) is 0 Å². The van der Waals surface area contributed by atoms with Crippen molar-refractivity contribution in [3.63, 3.8) is 0 Å². The predicted molar refractivity (Wildman–Crippen MR) is 121 cm³/mol. The maximum absolute atomic E-state index is 12.9. The van der Waals surface area contributed by atoms with E-state index in [9.17, 15) is 4.57 Å². The second-order valence-corrected chi connectivity index (χ2v) is 11.1. The van der Waals surface area contributed by atoms with Crippen molar-refractivity contribution < 1.29 is 14.0 Å². The first-order valence-corrected chi connectivity index (χ1v) is 12.6. The SMILES string of the molecule is COCCOc1cc2nccc(Nc3ccc4scnc4c3)c2cc1P(C)(C)=O. The fraction of sp³-hybridized carbons (Fsp3) is 0.238. The summed E-state index contributed by atoms with van der Waals surface area (Å²) in [5.74, 6) is 0.594. The third-order valence-corrected chi connectivity index (χ3v) is 6.88. The number of aromatic nitrogens is 2. The van der Waals surface area contributed by atoms with Gasteiger partial charge in [0.25, 0.3) is 0 Å². The van der Waals surface area contributed by atoms with Crippen LogP contribution < -0.4 is 15.4 Å². The molecule has 0 aliphatic rings. The Bertz CT molecular complexity index is 1220. The van der Waals surface area contributed by atoms with E-state index in [0.29, 0.717) is 24.3 Å². The van der Waals surface area contributed by atoms with E-state index >= 15 is 0 Å². The molecule has 0 atom stereocenters. The molecule has 0 bridgehead atoms. The van der Waals surface area contributed by atoms with Gasteiger partial charge in [-0.3, -0.25) is 4.98 Å². The van der Waals surface area contributed by atoms with Gasteiger partial charge in [0.1, 0.15) is 19.5 Å². The number of anilines is 2. The molecule has 2 heterocycles. The van der Waals surface area contributed by atoms with E-state index in [1.165, 1.54) is 0 Å². The molecule has 0 aliphatic heterocycles. The monoisotopic (exact) mass is 427 g/mol. The first-order valence-electron chi connectivity index (χ1n) is 9.16. The van der Waals surface area contributed by atoms with Crippen molar-refractivity contribution in [1.29, 1.82) is 0 Å². The van der Waals surface area contributed by atoms with E-state index < -0.39 is 7.14 Å². The topological polar surface area (TPSA) is 73.3 Å². The molecule has 150 valence electrons. The molecule has 6 nitrogen and oxygen atoms in total. The normalized spacial score (nSPS) is 11.8. The van der Waals surface area contributed by atoms with E-state index in [2.05, 4.69) is 21.4 Å². The zero-order chi connectivity index (χ0) is 20.4. The summed E-state index contributed by atoms with van der Waals surface area (Å²) < 4.78 is 25.0. The van der Waals surface area contributed by atoms with Gasteiger partial charge in [0.2, 0.25) is 0 Å². The Balaban J connectivity index is 1.77. The van der Waals surface area contributed by atoms with Crippen molar-refractivity contribution >= 4 is 56.3 Å². The Morgan fingerprint density at radius 2 is 1.93 bits per heavy atom. The number of nitrogens with zero attached hydrogens (tertiary/aromatic N) is 2. The summed E-state index contributed by atoms with van der Waals surface area (Å²) in [5, 5.41) is 5.05. The first kappa shape index (κ1) is 19.8. The number of benzene rings is 2. The summed E-state index contributed by atoms with van der Waals surface area (Å²) >= 11 is 1.62. The van der Waals surface area contributed by atoms with Crippen LogP contribution >= 0.6 is 18.5 Å². The lowest BCUT2D eigenvalue weighted by atomic mass is 10.1. The summed E-state index contributed by atoms with van der Waals surface area (Å²) in [6, 6.07) is 11.8. The minimum atomic E-state index is -2.57. The highest BCUT2D eigenvalue weighted by atomic mass is 32.1. The molecule has 4 aromatic rings. The van der Waals surface area contributed by atoms with Crippen molar-refractivity contribution in [1.82, 2.24) is 9.97 Å². The standard InChI is InChI=1S/C21H22N3O3PS/c1-26-8-9-27-19-12-17-15(11-20(19)28(2,3)25)16(6-7-22-17)24-14-4-5-21-18(10-14)23-13-29-21/h4-7,10-13H,8-9H2,1-3H3,(H,22,24). The lowest BCUT2D eigenvalue weighted by Gasteiger charge is -2.17. The summed E-state index contributed by atoms with van der Waals surface area (Å²) in [5.41, 5.74) is 5.40. The Morgan fingerprint density at radius 3 is 2.72 bits per heavy atom. The maximum atomic E-state index is 12.9. The molecule has 0 amide bonds. The Kier molecular flexibility index (Phi) is 5.54. The molecule has 0 saturated carbocycles. The van der Waals surface area contributed by atoms with E-state index in [-0.39, 0.29) is 0 Å². The van der Waals surface area contributed by atoms with Crippen molar-refractivity contribution in [2.45, 2.75) is 0 Å². The van der Waals surface area contributed by atoms with Crippen LogP contribution in [0.4, 0.5) is 11.4 Å². The quantitative estimate of drug-likeness (QED) is 0.335. The Labute approximate surface area is 173 Å². The highest BCUT2D eigenvalue weighted by Crippen LogP contribution is 2.41.